The minimum atomic E-state index is 0.0904. The summed E-state index contributed by atoms with van der Waals surface area (Å²) in [5, 5.41) is 2.99. The molecule has 0 radical (unpaired) electrons. The van der Waals surface area contributed by atoms with Gasteiger partial charge in [-0.05, 0) is 43.1 Å². The summed E-state index contributed by atoms with van der Waals surface area (Å²) in [6.07, 6.45) is 4.94. The molecule has 1 aromatic rings. The summed E-state index contributed by atoms with van der Waals surface area (Å²) < 4.78 is 5.56. The molecule has 1 aliphatic heterocycles. The Hall–Kier alpha value is -1.39. The molecule has 2 fully saturated rings. The third kappa shape index (κ3) is 4.58. The zero-order valence-corrected chi connectivity index (χ0v) is 14.7. The molecule has 132 valence electrons. The Morgan fingerprint density at radius 2 is 1.83 bits per heavy atom. The average Bonchev–Trinajstić information content (AvgIpc) is 2.63. The Bertz CT molecular complexity index is 506. The number of hydrogen-bond donors (Lipinski definition) is 1. The van der Waals surface area contributed by atoms with Crippen LogP contribution in [0.5, 0.6) is 0 Å². The summed E-state index contributed by atoms with van der Waals surface area (Å²) in [5.41, 5.74) is 1.45. The highest BCUT2D eigenvalue weighted by atomic mass is 16.5. The van der Waals surface area contributed by atoms with Gasteiger partial charge in [-0.25, -0.2) is 0 Å². The largest absolute Gasteiger partial charge is 0.379 e. The Morgan fingerprint density at radius 1 is 1.17 bits per heavy atom. The lowest BCUT2D eigenvalue weighted by molar-refractivity contribution is -0.119. The van der Waals surface area contributed by atoms with Gasteiger partial charge < -0.3 is 10.1 Å². The number of hydrogen-bond acceptors (Lipinski definition) is 3. The first-order valence-electron chi connectivity index (χ1n) is 9.35. The van der Waals surface area contributed by atoms with Gasteiger partial charge >= 0.3 is 0 Å². The van der Waals surface area contributed by atoms with Crippen molar-refractivity contribution in [2.45, 2.75) is 38.6 Å². The highest BCUT2D eigenvalue weighted by molar-refractivity contribution is 5.72. The van der Waals surface area contributed by atoms with E-state index in [9.17, 15) is 4.79 Å². The number of carbonyl (C=O) groups is 1. The van der Waals surface area contributed by atoms with Crippen molar-refractivity contribution in [3.63, 3.8) is 0 Å². The lowest BCUT2D eigenvalue weighted by Crippen LogP contribution is -2.43. The molecule has 1 atom stereocenters. The molecule has 4 heteroatoms. The van der Waals surface area contributed by atoms with E-state index >= 15 is 0 Å². The molecule has 1 aliphatic carbocycles. The second kappa shape index (κ2) is 8.63. The van der Waals surface area contributed by atoms with Gasteiger partial charge in [-0.15, -0.1) is 0 Å². The first-order chi connectivity index (χ1) is 11.7. The Balaban J connectivity index is 1.65. The second-order valence-electron chi connectivity index (χ2n) is 7.22. The van der Waals surface area contributed by atoms with Crippen molar-refractivity contribution in [3.05, 3.63) is 35.9 Å². The number of nitrogens with zero attached hydrogens (tertiary/aromatic N) is 1. The molecule has 24 heavy (non-hydrogen) atoms. The summed E-state index contributed by atoms with van der Waals surface area (Å²) in [7, 11) is 0. The van der Waals surface area contributed by atoms with Crippen LogP contribution in [0.3, 0.4) is 0 Å². The number of carbonyl (C=O) groups excluding carboxylic acids is 1. The van der Waals surface area contributed by atoms with E-state index in [1.807, 2.05) is 0 Å². The van der Waals surface area contributed by atoms with E-state index in [1.165, 1.54) is 31.2 Å². The van der Waals surface area contributed by atoms with Gasteiger partial charge in [0.2, 0.25) is 5.91 Å². The molecular weight excluding hydrogens is 300 g/mol. The molecule has 1 aromatic carbocycles. The van der Waals surface area contributed by atoms with Crippen molar-refractivity contribution in [2.24, 2.45) is 11.8 Å². The van der Waals surface area contributed by atoms with E-state index in [0.717, 1.165) is 32.8 Å². The summed E-state index contributed by atoms with van der Waals surface area (Å²) >= 11 is 0. The van der Waals surface area contributed by atoms with Gasteiger partial charge in [-0.2, -0.15) is 0 Å². The SMILES string of the molecule is CC(=O)NCC1CCC(C(c2ccccc2)N2CCOCC2)CC1. The van der Waals surface area contributed by atoms with Crippen LogP contribution in [0.1, 0.15) is 44.2 Å². The maximum absolute atomic E-state index is 11.1. The van der Waals surface area contributed by atoms with Crippen LogP contribution in [0, 0.1) is 11.8 Å². The van der Waals surface area contributed by atoms with E-state index in [1.54, 1.807) is 6.92 Å². The lowest BCUT2D eigenvalue weighted by atomic mass is 9.76. The topological polar surface area (TPSA) is 41.6 Å². The van der Waals surface area contributed by atoms with Crippen LogP contribution in [-0.2, 0) is 9.53 Å². The molecular formula is C20H30N2O2. The summed E-state index contributed by atoms with van der Waals surface area (Å²) in [5.74, 6) is 1.44. The molecule has 1 saturated carbocycles. The van der Waals surface area contributed by atoms with Gasteiger partial charge in [-0.3, -0.25) is 9.69 Å². The number of benzene rings is 1. The molecule has 3 rings (SSSR count). The van der Waals surface area contributed by atoms with Crippen LogP contribution < -0.4 is 5.32 Å². The molecule has 0 bridgehead atoms. The number of amides is 1. The Labute approximate surface area is 145 Å². The van der Waals surface area contributed by atoms with Crippen LogP contribution in [0.15, 0.2) is 30.3 Å². The molecule has 2 aliphatic rings. The normalized spacial score (nSPS) is 26.7. The van der Waals surface area contributed by atoms with Crippen molar-refractivity contribution >= 4 is 5.91 Å². The lowest BCUT2D eigenvalue weighted by Gasteiger charge is -2.42. The van der Waals surface area contributed by atoms with Gasteiger partial charge in [0.25, 0.3) is 0 Å². The van der Waals surface area contributed by atoms with Crippen LogP contribution in [0.2, 0.25) is 0 Å². The van der Waals surface area contributed by atoms with Gasteiger partial charge in [0.1, 0.15) is 0 Å². The standard InChI is InChI=1S/C20H30N2O2/c1-16(23)21-15-17-7-9-19(10-8-17)20(18-5-3-2-4-6-18)22-11-13-24-14-12-22/h2-6,17,19-20H,7-15H2,1H3,(H,21,23). The summed E-state index contributed by atoms with van der Waals surface area (Å²) in [6.45, 7) is 6.21. The van der Waals surface area contributed by atoms with Crippen LogP contribution >= 0.6 is 0 Å². The van der Waals surface area contributed by atoms with Gasteiger partial charge in [0, 0.05) is 32.6 Å². The quantitative estimate of drug-likeness (QED) is 0.902. The predicted molar refractivity (Wildman–Crippen MR) is 95.7 cm³/mol. The van der Waals surface area contributed by atoms with Crippen molar-refractivity contribution in [1.82, 2.24) is 10.2 Å². The third-order valence-corrected chi connectivity index (χ3v) is 5.56. The highest BCUT2D eigenvalue weighted by Crippen LogP contribution is 2.40. The fourth-order valence-electron chi connectivity index (χ4n) is 4.28. The van der Waals surface area contributed by atoms with Crippen molar-refractivity contribution < 1.29 is 9.53 Å². The van der Waals surface area contributed by atoms with E-state index in [2.05, 4.69) is 40.5 Å². The minimum absolute atomic E-state index is 0.0904. The average molecular weight is 330 g/mol. The van der Waals surface area contributed by atoms with Crippen LogP contribution in [0.25, 0.3) is 0 Å². The van der Waals surface area contributed by atoms with Gasteiger partial charge in [0.15, 0.2) is 0 Å². The molecule has 1 amide bonds. The summed E-state index contributed by atoms with van der Waals surface area (Å²) in [4.78, 5) is 13.7. The first-order valence-corrected chi connectivity index (χ1v) is 9.35. The highest BCUT2D eigenvalue weighted by Gasteiger charge is 2.33. The zero-order chi connectivity index (χ0) is 16.8. The van der Waals surface area contributed by atoms with Gasteiger partial charge in [-0.1, -0.05) is 30.3 Å². The molecule has 4 nitrogen and oxygen atoms in total. The second-order valence-corrected chi connectivity index (χ2v) is 7.22. The smallest absolute Gasteiger partial charge is 0.216 e. The van der Waals surface area contributed by atoms with E-state index in [4.69, 9.17) is 4.74 Å². The first kappa shape index (κ1) is 17.4. The van der Waals surface area contributed by atoms with E-state index in [0.29, 0.717) is 17.9 Å². The number of rotatable bonds is 5. The van der Waals surface area contributed by atoms with E-state index < -0.39 is 0 Å². The van der Waals surface area contributed by atoms with Crippen molar-refractivity contribution in [1.29, 1.82) is 0 Å². The molecule has 0 aromatic heterocycles. The maximum Gasteiger partial charge on any atom is 0.216 e. The maximum atomic E-state index is 11.1. The van der Waals surface area contributed by atoms with Crippen LogP contribution in [0.4, 0.5) is 0 Å². The molecule has 1 heterocycles. The molecule has 0 spiro atoms. The zero-order valence-electron chi connectivity index (χ0n) is 14.7. The van der Waals surface area contributed by atoms with Gasteiger partial charge in [0.05, 0.1) is 13.2 Å². The molecule has 1 N–H and O–H groups in total. The fourth-order valence-corrected chi connectivity index (χ4v) is 4.28. The third-order valence-electron chi connectivity index (χ3n) is 5.56. The Kier molecular flexibility index (Phi) is 6.27. The number of morpholine rings is 1. The monoisotopic (exact) mass is 330 g/mol. The van der Waals surface area contributed by atoms with Crippen molar-refractivity contribution in [2.75, 3.05) is 32.8 Å². The predicted octanol–water partition coefficient (Wildman–Crippen LogP) is 3.00. The van der Waals surface area contributed by atoms with E-state index in [-0.39, 0.29) is 5.91 Å². The molecule has 1 unspecified atom stereocenters. The number of ether oxygens (including phenoxy) is 1. The van der Waals surface area contributed by atoms with Crippen molar-refractivity contribution in [3.8, 4) is 0 Å². The minimum Gasteiger partial charge on any atom is -0.379 e. The fraction of sp³-hybridized carbons (Fsp3) is 0.650. The summed E-state index contributed by atoms with van der Waals surface area (Å²) in [6, 6.07) is 11.5. The van der Waals surface area contributed by atoms with Crippen LogP contribution in [-0.4, -0.2) is 43.7 Å². The Morgan fingerprint density at radius 3 is 2.46 bits per heavy atom. The molecule has 1 saturated heterocycles. The number of nitrogens with one attached hydrogen (secondary N) is 1.